The van der Waals surface area contributed by atoms with Gasteiger partial charge in [-0.3, -0.25) is 4.79 Å². The molecule has 1 amide bonds. The zero-order chi connectivity index (χ0) is 19.6. The molecule has 0 bridgehead atoms. The highest BCUT2D eigenvalue weighted by Gasteiger charge is 2.10. The third-order valence-corrected chi connectivity index (χ3v) is 3.65. The predicted molar refractivity (Wildman–Crippen MR) is 101 cm³/mol. The molecular weight excluding hydrogens is 368 g/mol. The smallest absolute Gasteiger partial charge is 0.343 e. The van der Waals surface area contributed by atoms with Crippen LogP contribution in [0.2, 0.25) is 5.02 Å². The summed E-state index contributed by atoms with van der Waals surface area (Å²) >= 11 is 5.86. The van der Waals surface area contributed by atoms with Crippen LogP contribution in [0.5, 0.6) is 5.75 Å². The second-order valence-corrected chi connectivity index (χ2v) is 5.82. The number of halogens is 1. The van der Waals surface area contributed by atoms with Gasteiger partial charge in [-0.2, -0.15) is 5.26 Å². The highest BCUT2D eigenvalue weighted by atomic mass is 35.5. The van der Waals surface area contributed by atoms with Gasteiger partial charge in [0.1, 0.15) is 17.4 Å². The topological polar surface area (TPSA) is 88.4 Å². The summed E-state index contributed by atoms with van der Waals surface area (Å²) in [6.07, 6.45) is 1.45. The summed E-state index contributed by atoms with van der Waals surface area (Å²) in [5, 5.41) is 12.2. The van der Waals surface area contributed by atoms with Crippen LogP contribution >= 0.6 is 11.6 Å². The summed E-state index contributed by atoms with van der Waals surface area (Å²) in [5.41, 5.74) is 0.928. The fourth-order valence-corrected chi connectivity index (χ4v) is 2.28. The minimum absolute atomic E-state index is 0.0326. The maximum atomic E-state index is 12.1. The largest absolute Gasteiger partial charge is 0.423 e. The molecular formula is C20H17ClN2O4. The van der Waals surface area contributed by atoms with Crippen molar-refractivity contribution in [2.45, 2.75) is 0 Å². The molecule has 2 aromatic carbocycles. The molecule has 0 saturated carbocycles. The number of hydrogen-bond acceptors (Lipinski definition) is 5. The number of methoxy groups -OCH3 is 1. The number of carbonyl (C=O) groups excluding carboxylic acids is 2. The van der Waals surface area contributed by atoms with Crippen LogP contribution in [0.25, 0.3) is 6.08 Å². The number of esters is 1. The highest BCUT2D eigenvalue weighted by molar-refractivity contribution is 6.30. The van der Waals surface area contributed by atoms with E-state index in [9.17, 15) is 9.59 Å². The van der Waals surface area contributed by atoms with Gasteiger partial charge in [-0.25, -0.2) is 4.79 Å². The summed E-state index contributed by atoms with van der Waals surface area (Å²) in [7, 11) is 1.52. The quantitative estimate of drug-likeness (QED) is 0.260. The monoisotopic (exact) mass is 384 g/mol. The van der Waals surface area contributed by atoms with Crippen molar-refractivity contribution in [1.82, 2.24) is 5.32 Å². The van der Waals surface area contributed by atoms with Crippen molar-refractivity contribution in [2.75, 3.05) is 20.3 Å². The second-order valence-electron chi connectivity index (χ2n) is 5.39. The lowest BCUT2D eigenvalue weighted by Gasteiger charge is -2.06. The summed E-state index contributed by atoms with van der Waals surface area (Å²) in [6, 6.07) is 14.7. The van der Waals surface area contributed by atoms with Crippen LogP contribution in [0.15, 0.2) is 54.1 Å². The van der Waals surface area contributed by atoms with Crippen molar-refractivity contribution in [3.8, 4) is 11.8 Å². The van der Waals surface area contributed by atoms with Gasteiger partial charge in [-0.05, 0) is 42.0 Å². The lowest BCUT2D eigenvalue weighted by Crippen LogP contribution is -2.27. The van der Waals surface area contributed by atoms with E-state index in [4.69, 9.17) is 26.3 Å². The van der Waals surface area contributed by atoms with Crippen LogP contribution < -0.4 is 10.1 Å². The van der Waals surface area contributed by atoms with Crippen molar-refractivity contribution in [1.29, 1.82) is 5.26 Å². The fourth-order valence-electron chi connectivity index (χ4n) is 2.09. The second kappa shape index (κ2) is 10.1. The molecule has 0 aliphatic rings. The van der Waals surface area contributed by atoms with E-state index in [-0.39, 0.29) is 5.57 Å². The molecule has 0 fully saturated rings. The molecule has 2 aromatic rings. The van der Waals surface area contributed by atoms with E-state index in [1.165, 1.54) is 19.3 Å². The zero-order valence-electron chi connectivity index (χ0n) is 14.6. The van der Waals surface area contributed by atoms with Crippen molar-refractivity contribution in [3.05, 3.63) is 70.3 Å². The normalized spacial score (nSPS) is 10.8. The van der Waals surface area contributed by atoms with Gasteiger partial charge in [0.05, 0.1) is 12.2 Å². The van der Waals surface area contributed by atoms with Crippen LogP contribution in [0, 0.1) is 11.3 Å². The minimum atomic E-state index is -0.531. The maximum absolute atomic E-state index is 12.1. The van der Waals surface area contributed by atoms with E-state index in [1.807, 2.05) is 6.07 Å². The Morgan fingerprint density at radius 1 is 1.22 bits per heavy atom. The molecule has 0 saturated heterocycles. The molecule has 0 aliphatic heterocycles. The summed E-state index contributed by atoms with van der Waals surface area (Å²) in [4.78, 5) is 24.0. The summed E-state index contributed by atoms with van der Waals surface area (Å²) < 4.78 is 10.1. The maximum Gasteiger partial charge on any atom is 0.343 e. The number of nitrogens with zero attached hydrogens (tertiary/aromatic N) is 1. The first-order chi connectivity index (χ1) is 13.0. The summed E-state index contributed by atoms with van der Waals surface area (Å²) in [5.74, 6) is -0.679. The van der Waals surface area contributed by atoms with Crippen molar-refractivity contribution < 1.29 is 19.1 Å². The predicted octanol–water partition coefficient (Wildman–Crippen LogP) is 3.23. The van der Waals surface area contributed by atoms with Gasteiger partial charge in [0.15, 0.2) is 0 Å². The van der Waals surface area contributed by atoms with E-state index in [1.54, 1.807) is 42.5 Å². The van der Waals surface area contributed by atoms with Crippen molar-refractivity contribution in [2.24, 2.45) is 0 Å². The Morgan fingerprint density at radius 2 is 1.96 bits per heavy atom. The third kappa shape index (κ3) is 6.26. The van der Waals surface area contributed by atoms with Crippen LogP contribution in [-0.2, 0) is 9.53 Å². The standard InChI is InChI=1S/C20H17ClN2O4/c1-26-10-9-23-19(24)16(13-22)11-14-5-7-18(8-6-14)27-20(25)15-3-2-4-17(21)12-15/h2-8,11-12H,9-10H2,1H3,(H,23,24)/b16-11+. The molecule has 7 heteroatoms. The Morgan fingerprint density at radius 3 is 2.59 bits per heavy atom. The Labute approximate surface area is 162 Å². The molecule has 0 aliphatic carbocycles. The Balaban J connectivity index is 2.04. The number of hydrogen-bond donors (Lipinski definition) is 1. The molecule has 0 unspecified atom stereocenters. The number of nitrogens with one attached hydrogen (secondary N) is 1. The van der Waals surface area contributed by atoms with Gasteiger partial charge in [0, 0.05) is 18.7 Å². The fraction of sp³-hybridized carbons (Fsp3) is 0.150. The van der Waals surface area contributed by atoms with E-state index in [0.29, 0.717) is 35.1 Å². The van der Waals surface area contributed by atoms with E-state index in [0.717, 1.165) is 0 Å². The first-order valence-corrected chi connectivity index (χ1v) is 8.38. The first kappa shape index (κ1) is 20.2. The Bertz CT molecular complexity index is 886. The Hall–Kier alpha value is -3.14. The molecule has 2 rings (SSSR count). The average molecular weight is 385 g/mol. The average Bonchev–Trinajstić information content (AvgIpc) is 2.67. The molecule has 0 atom stereocenters. The van der Waals surface area contributed by atoms with Crippen LogP contribution in [0.4, 0.5) is 0 Å². The molecule has 6 nitrogen and oxygen atoms in total. The van der Waals surface area contributed by atoms with Gasteiger partial charge >= 0.3 is 5.97 Å². The molecule has 27 heavy (non-hydrogen) atoms. The molecule has 1 N–H and O–H groups in total. The van der Waals surface area contributed by atoms with E-state index >= 15 is 0 Å². The van der Waals surface area contributed by atoms with Gasteiger partial charge in [0.25, 0.3) is 5.91 Å². The first-order valence-electron chi connectivity index (χ1n) is 8.00. The lowest BCUT2D eigenvalue weighted by atomic mass is 10.1. The zero-order valence-corrected chi connectivity index (χ0v) is 15.3. The summed E-state index contributed by atoms with van der Waals surface area (Å²) in [6.45, 7) is 0.671. The van der Waals surface area contributed by atoms with Crippen molar-refractivity contribution >= 4 is 29.6 Å². The molecule has 138 valence electrons. The SMILES string of the molecule is COCCNC(=O)/C(C#N)=C/c1ccc(OC(=O)c2cccc(Cl)c2)cc1. The molecule has 0 spiro atoms. The lowest BCUT2D eigenvalue weighted by molar-refractivity contribution is -0.117. The van der Waals surface area contributed by atoms with E-state index < -0.39 is 11.9 Å². The molecule has 0 radical (unpaired) electrons. The van der Waals surface area contributed by atoms with Gasteiger partial charge in [0.2, 0.25) is 0 Å². The number of nitriles is 1. The van der Waals surface area contributed by atoms with Gasteiger partial charge < -0.3 is 14.8 Å². The Kier molecular flexibility index (Phi) is 7.56. The third-order valence-electron chi connectivity index (χ3n) is 3.42. The van der Waals surface area contributed by atoms with Gasteiger partial charge in [-0.15, -0.1) is 0 Å². The highest BCUT2D eigenvalue weighted by Crippen LogP contribution is 2.17. The number of rotatable bonds is 7. The van der Waals surface area contributed by atoms with Crippen LogP contribution in [0.3, 0.4) is 0 Å². The number of amides is 1. The van der Waals surface area contributed by atoms with Crippen molar-refractivity contribution in [3.63, 3.8) is 0 Å². The van der Waals surface area contributed by atoms with Crippen LogP contribution in [-0.4, -0.2) is 32.1 Å². The minimum Gasteiger partial charge on any atom is -0.423 e. The number of ether oxygens (including phenoxy) is 2. The number of benzene rings is 2. The number of carbonyl (C=O) groups is 2. The van der Waals surface area contributed by atoms with Gasteiger partial charge in [-0.1, -0.05) is 29.8 Å². The van der Waals surface area contributed by atoms with E-state index in [2.05, 4.69) is 5.32 Å². The molecule has 0 heterocycles. The molecule has 0 aromatic heterocycles. The van der Waals surface area contributed by atoms with Crippen LogP contribution in [0.1, 0.15) is 15.9 Å².